The van der Waals surface area contributed by atoms with E-state index in [-0.39, 0.29) is 17.9 Å². The van der Waals surface area contributed by atoms with E-state index in [1.54, 1.807) is 30.3 Å². The van der Waals surface area contributed by atoms with E-state index in [1.165, 1.54) is 12.1 Å². The Morgan fingerprint density at radius 1 is 1.12 bits per heavy atom. The maximum atomic E-state index is 12.0. The average molecular weight is 394 g/mol. The van der Waals surface area contributed by atoms with Crippen molar-refractivity contribution in [3.05, 3.63) is 52.5 Å². The Bertz CT molecular complexity index is 748. The van der Waals surface area contributed by atoms with Gasteiger partial charge in [-0.1, -0.05) is 28.1 Å². The van der Waals surface area contributed by atoms with Crippen LogP contribution in [-0.4, -0.2) is 30.2 Å². The van der Waals surface area contributed by atoms with E-state index in [2.05, 4.69) is 21.2 Å². The van der Waals surface area contributed by atoms with Crippen molar-refractivity contribution in [1.29, 1.82) is 0 Å². The van der Waals surface area contributed by atoms with Crippen molar-refractivity contribution in [2.45, 2.75) is 6.92 Å². The molecule has 0 bridgehead atoms. The second-order valence-electron chi connectivity index (χ2n) is 4.71. The van der Waals surface area contributed by atoms with Crippen LogP contribution in [0.25, 0.3) is 0 Å². The number of amides is 1. The Hall–Kier alpha value is -2.54. The standard InChI is InChI=1S/C17H16BrNO5/c1-2-23-15-6-4-3-5-13(15)19-16(20)10-24-14-8-7-11(18)9-12(14)17(21)22/h3-9H,2,10H2,1H3,(H,19,20)(H,21,22). The van der Waals surface area contributed by atoms with Crippen LogP contribution in [0.5, 0.6) is 11.5 Å². The van der Waals surface area contributed by atoms with Gasteiger partial charge in [0.2, 0.25) is 0 Å². The lowest BCUT2D eigenvalue weighted by Gasteiger charge is -2.12. The van der Waals surface area contributed by atoms with Gasteiger partial charge in [0.1, 0.15) is 17.1 Å². The predicted molar refractivity (Wildman–Crippen MR) is 92.8 cm³/mol. The van der Waals surface area contributed by atoms with E-state index in [9.17, 15) is 9.59 Å². The van der Waals surface area contributed by atoms with Crippen LogP contribution < -0.4 is 14.8 Å². The lowest BCUT2D eigenvalue weighted by molar-refractivity contribution is -0.118. The summed E-state index contributed by atoms with van der Waals surface area (Å²) < 4.78 is 11.4. The fourth-order valence-electron chi connectivity index (χ4n) is 1.98. The first-order valence-electron chi connectivity index (χ1n) is 7.18. The van der Waals surface area contributed by atoms with Gasteiger partial charge < -0.3 is 19.9 Å². The molecule has 0 saturated heterocycles. The quantitative estimate of drug-likeness (QED) is 0.750. The van der Waals surface area contributed by atoms with E-state index in [4.69, 9.17) is 14.6 Å². The number of para-hydroxylation sites is 2. The van der Waals surface area contributed by atoms with Gasteiger partial charge in [-0.15, -0.1) is 0 Å². The molecule has 0 aliphatic carbocycles. The SMILES string of the molecule is CCOc1ccccc1NC(=O)COc1ccc(Br)cc1C(=O)O. The second-order valence-corrected chi connectivity index (χ2v) is 5.63. The van der Waals surface area contributed by atoms with Crippen molar-refractivity contribution >= 4 is 33.5 Å². The van der Waals surface area contributed by atoms with Crippen LogP contribution >= 0.6 is 15.9 Å². The van der Waals surface area contributed by atoms with Gasteiger partial charge in [-0.25, -0.2) is 4.79 Å². The van der Waals surface area contributed by atoms with E-state index < -0.39 is 11.9 Å². The van der Waals surface area contributed by atoms with E-state index in [0.29, 0.717) is 22.5 Å². The fraction of sp³-hybridized carbons (Fsp3) is 0.176. The normalized spacial score (nSPS) is 10.1. The van der Waals surface area contributed by atoms with Crippen LogP contribution in [0.15, 0.2) is 46.9 Å². The van der Waals surface area contributed by atoms with Crippen LogP contribution in [0.4, 0.5) is 5.69 Å². The molecule has 7 heteroatoms. The highest BCUT2D eigenvalue weighted by atomic mass is 79.9. The van der Waals surface area contributed by atoms with Crippen molar-refractivity contribution in [2.24, 2.45) is 0 Å². The summed E-state index contributed by atoms with van der Waals surface area (Å²) in [5, 5.41) is 11.8. The van der Waals surface area contributed by atoms with E-state index in [0.717, 1.165) is 0 Å². The molecule has 0 spiro atoms. The van der Waals surface area contributed by atoms with E-state index >= 15 is 0 Å². The lowest BCUT2D eigenvalue weighted by atomic mass is 10.2. The van der Waals surface area contributed by atoms with Crippen molar-refractivity contribution in [3.8, 4) is 11.5 Å². The average Bonchev–Trinajstić information content (AvgIpc) is 2.55. The minimum atomic E-state index is -1.13. The third-order valence-corrected chi connectivity index (χ3v) is 3.49. The molecule has 1 amide bonds. The van der Waals surface area contributed by atoms with Gasteiger partial charge in [-0.05, 0) is 37.3 Å². The molecule has 0 aromatic heterocycles. The van der Waals surface area contributed by atoms with Gasteiger partial charge in [-0.2, -0.15) is 0 Å². The zero-order valence-corrected chi connectivity index (χ0v) is 14.5. The molecule has 24 heavy (non-hydrogen) atoms. The maximum Gasteiger partial charge on any atom is 0.339 e. The number of rotatable bonds is 7. The summed E-state index contributed by atoms with van der Waals surface area (Å²) in [4.78, 5) is 23.3. The maximum absolute atomic E-state index is 12.0. The smallest absolute Gasteiger partial charge is 0.339 e. The molecule has 2 aromatic carbocycles. The van der Waals surface area contributed by atoms with Crippen LogP contribution in [0.3, 0.4) is 0 Å². The zero-order valence-electron chi connectivity index (χ0n) is 12.9. The summed E-state index contributed by atoms with van der Waals surface area (Å²) in [6, 6.07) is 11.6. The number of carbonyl (C=O) groups excluding carboxylic acids is 1. The van der Waals surface area contributed by atoms with Crippen LogP contribution in [0.2, 0.25) is 0 Å². The number of ether oxygens (including phenoxy) is 2. The molecular weight excluding hydrogens is 378 g/mol. The van der Waals surface area contributed by atoms with Crippen LogP contribution in [0.1, 0.15) is 17.3 Å². The third-order valence-electron chi connectivity index (χ3n) is 2.99. The summed E-state index contributed by atoms with van der Waals surface area (Å²) in [5.41, 5.74) is 0.508. The first-order valence-corrected chi connectivity index (χ1v) is 7.98. The number of anilines is 1. The molecule has 2 N–H and O–H groups in total. The Kier molecular flexibility index (Phi) is 6.20. The topological polar surface area (TPSA) is 84.9 Å². The molecule has 2 aromatic rings. The number of aromatic carboxylic acids is 1. The van der Waals surface area contributed by atoms with Crippen LogP contribution in [-0.2, 0) is 4.79 Å². The fourth-order valence-corrected chi connectivity index (χ4v) is 2.34. The molecule has 0 atom stereocenters. The van der Waals surface area contributed by atoms with E-state index in [1.807, 2.05) is 6.92 Å². The highest BCUT2D eigenvalue weighted by Gasteiger charge is 2.14. The summed E-state index contributed by atoms with van der Waals surface area (Å²) in [6.45, 7) is 2.01. The Balaban J connectivity index is 2.03. The minimum absolute atomic E-state index is 0.0214. The zero-order chi connectivity index (χ0) is 17.5. The molecule has 0 saturated carbocycles. The van der Waals surface area contributed by atoms with Crippen LogP contribution in [0, 0.1) is 0 Å². The summed E-state index contributed by atoms with van der Waals surface area (Å²) >= 11 is 3.20. The largest absolute Gasteiger partial charge is 0.492 e. The number of nitrogens with one attached hydrogen (secondary N) is 1. The van der Waals surface area contributed by atoms with Gasteiger partial charge in [0.05, 0.1) is 12.3 Å². The monoisotopic (exact) mass is 393 g/mol. The Morgan fingerprint density at radius 3 is 2.58 bits per heavy atom. The molecule has 0 fully saturated rings. The second kappa shape index (κ2) is 8.35. The summed E-state index contributed by atoms with van der Waals surface area (Å²) in [6.07, 6.45) is 0. The number of halogens is 1. The highest BCUT2D eigenvalue weighted by Crippen LogP contribution is 2.25. The first-order chi connectivity index (χ1) is 11.5. The highest BCUT2D eigenvalue weighted by molar-refractivity contribution is 9.10. The van der Waals surface area contributed by atoms with Gasteiger partial charge in [0.15, 0.2) is 6.61 Å². The molecule has 0 radical (unpaired) electrons. The van der Waals surface area contributed by atoms with Gasteiger partial charge >= 0.3 is 5.97 Å². The van der Waals surface area contributed by atoms with Gasteiger partial charge in [0, 0.05) is 4.47 Å². The number of carboxylic acids is 1. The van der Waals surface area contributed by atoms with Gasteiger partial charge in [0.25, 0.3) is 5.91 Å². The van der Waals surface area contributed by atoms with Crippen molar-refractivity contribution in [2.75, 3.05) is 18.5 Å². The molecule has 126 valence electrons. The summed E-state index contributed by atoms with van der Waals surface area (Å²) in [7, 11) is 0. The number of carbonyl (C=O) groups is 2. The van der Waals surface area contributed by atoms with Crippen molar-refractivity contribution < 1.29 is 24.2 Å². The molecular formula is C17H16BrNO5. The molecule has 6 nitrogen and oxygen atoms in total. The molecule has 2 rings (SSSR count). The van der Waals surface area contributed by atoms with Crippen molar-refractivity contribution in [1.82, 2.24) is 0 Å². The molecule has 0 aliphatic heterocycles. The molecule has 0 aliphatic rings. The Labute approximate surface area is 147 Å². The van der Waals surface area contributed by atoms with Crippen molar-refractivity contribution in [3.63, 3.8) is 0 Å². The predicted octanol–water partition coefficient (Wildman–Crippen LogP) is 3.56. The number of hydrogen-bond donors (Lipinski definition) is 2. The summed E-state index contributed by atoms with van der Waals surface area (Å²) in [5.74, 6) is -0.864. The number of hydrogen-bond acceptors (Lipinski definition) is 4. The third kappa shape index (κ3) is 4.73. The first kappa shape index (κ1) is 17.8. The Morgan fingerprint density at radius 2 is 1.88 bits per heavy atom. The molecule has 0 heterocycles. The number of carboxylic acid groups (broad SMARTS) is 1. The lowest BCUT2D eigenvalue weighted by Crippen LogP contribution is -2.21. The van der Waals surface area contributed by atoms with Gasteiger partial charge in [-0.3, -0.25) is 4.79 Å². The minimum Gasteiger partial charge on any atom is -0.492 e. The molecule has 0 unspecified atom stereocenters. The number of benzene rings is 2.